The Balaban J connectivity index is 0.00000112. The minimum absolute atomic E-state index is 0.222. The van der Waals surface area contributed by atoms with Gasteiger partial charge < -0.3 is 17.7 Å². The Hall–Kier alpha value is -6.42. The van der Waals surface area contributed by atoms with E-state index in [-0.39, 0.29) is 5.75 Å². The summed E-state index contributed by atoms with van der Waals surface area (Å²) in [6, 6.07) is 72.1. The lowest BCUT2D eigenvalue weighted by Gasteiger charge is -2.34. The van der Waals surface area contributed by atoms with Crippen LogP contribution in [0.1, 0.15) is 78.6 Å². The van der Waals surface area contributed by atoms with Crippen LogP contribution in [0.2, 0.25) is 0 Å². The number of rotatable bonds is 9. The van der Waals surface area contributed by atoms with Gasteiger partial charge >= 0.3 is 0 Å². The molecule has 10 aromatic carbocycles. The third-order valence-corrected chi connectivity index (χ3v) is 15.2. The summed E-state index contributed by atoms with van der Waals surface area (Å²) in [6.07, 6.45) is 1.25. The molecular formula is C63H50Br2O4S2. The van der Waals surface area contributed by atoms with Crippen molar-refractivity contribution in [3.63, 3.8) is 0 Å². The van der Waals surface area contributed by atoms with Crippen molar-refractivity contribution in [3.05, 3.63) is 260 Å². The monoisotopic (exact) mass is 1090 g/mol. The van der Waals surface area contributed by atoms with Crippen LogP contribution >= 0.6 is 57.1 Å². The maximum atomic E-state index is 10.3. The molecule has 4 nitrogen and oxygen atoms in total. The van der Waals surface area contributed by atoms with Crippen molar-refractivity contribution in [1.29, 1.82) is 0 Å². The molecule has 0 heterocycles. The lowest BCUT2D eigenvalue weighted by atomic mass is 9.67. The first kappa shape index (κ1) is 48.2. The van der Waals surface area contributed by atoms with E-state index in [4.69, 9.17) is 12.5 Å². The van der Waals surface area contributed by atoms with Crippen molar-refractivity contribution in [2.45, 2.75) is 44.9 Å². The molecule has 0 aliphatic heterocycles. The van der Waals surface area contributed by atoms with E-state index in [9.17, 15) is 5.11 Å². The van der Waals surface area contributed by atoms with Crippen LogP contribution in [0.5, 0.6) is 23.0 Å². The Morgan fingerprint density at radius 3 is 1.32 bits per heavy atom. The Morgan fingerprint density at radius 1 is 0.423 bits per heavy atom. The van der Waals surface area contributed by atoms with E-state index in [1.165, 1.54) is 50.9 Å². The highest BCUT2D eigenvalue weighted by molar-refractivity contribution is 9.10. The van der Waals surface area contributed by atoms with Crippen molar-refractivity contribution in [3.8, 4) is 45.3 Å². The fourth-order valence-electron chi connectivity index (χ4n) is 10.7. The zero-order chi connectivity index (χ0) is 49.3. The van der Waals surface area contributed by atoms with E-state index < -0.39 is 10.8 Å². The molecule has 8 heteroatoms. The SMILES string of the molecule is CC.CCC.Oc1ccc(C2(c3ccc(OSOc4ccc5cc(C6(c7ccc8cc(OS)ccc8c7)c7ccccc7-c7ccccc76)ccc5c4)cc3)c3cc(Br)ccc3-c3ccc(Br)cc32)cc1. The molecule has 0 fully saturated rings. The van der Waals surface area contributed by atoms with Gasteiger partial charge in [-0.3, -0.25) is 0 Å². The highest BCUT2D eigenvalue weighted by Crippen LogP contribution is 2.59. The molecule has 0 radical (unpaired) electrons. The maximum absolute atomic E-state index is 10.3. The Labute approximate surface area is 443 Å². The fraction of sp³-hybridized carbons (Fsp3) is 0.111. The second-order valence-electron chi connectivity index (χ2n) is 17.5. The molecular weight excluding hydrogens is 1040 g/mol. The number of hydrogen-bond acceptors (Lipinski definition) is 6. The summed E-state index contributed by atoms with van der Waals surface area (Å²) in [5.74, 6) is 2.27. The zero-order valence-corrected chi connectivity index (χ0v) is 44.5. The summed E-state index contributed by atoms with van der Waals surface area (Å²) in [7, 11) is 0. The van der Waals surface area contributed by atoms with E-state index in [0.29, 0.717) is 17.2 Å². The number of hydrogen-bond donors (Lipinski definition) is 2. The molecule has 2 aliphatic rings. The number of phenols is 1. The molecule has 1 N–H and O–H groups in total. The summed E-state index contributed by atoms with van der Waals surface area (Å²) < 4.78 is 19.6. The van der Waals surface area contributed by atoms with Gasteiger partial charge in [0.15, 0.2) is 0 Å². The number of fused-ring (bicyclic) bond motifs is 8. The van der Waals surface area contributed by atoms with Gasteiger partial charge in [0.1, 0.15) is 23.0 Å². The van der Waals surface area contributed by atoms with E-state index in [1.807, 2.05) is 56.3 Å². The average molecular weight is 1100 g/mol. The highest BCUT2D eigenvalue weighted by atomic mass is 79.9. The largest absolute Gasteiger partial charge is 0.508 e. The van der Waals surface area contributed by atoms with Crippen LogP contribution < -0.4 is 12.5 Å². The number of aromatic hydroxyl groups is 1. The van der Waals surface area contributed by atoms with Crippen molar-refractivity contribution >= 4 is 78.6 Å². The van der Waals surface area contributed by atoms with Gasteiger partial charge in [-0.1, -0.05) is 187 Å². The first-order valence-electron chi connectivity index (χ1n) is 23.9. The molecule has 0 bridgehead atoms. The zero-order valence-electron chi connectivity index (χ0n) is 39.6. The number of thiol groups is 1. The van der Waals surface area contributed by atoms with Crippen LogP contribution in [0.3, 0.4) is 0 Å². The van der Waals surface area contributed by atoms with Crippen molar-refractivity contribution in [1.82, 2.24) is 0 Å². The first-order valence-corrected chi connectivity index (χ1v) is 26.5. The third kappa shape index (κ3) is 8.38. The van der Waals surface area contributed by atoms with Crippen LogP contribution in [-0.2, 0) is 10.8 Å². The molecule has 0 saturated carbocycles. The van der Waals surface area contributed by atoms with Crippen LogP contribution in [0.15, 0.2) is 215 Å². The molecule has 0 atom stereocenters. The van der Waals surface area contributed by atoms with Gasteiger partial charge in [-0.25, -0.2) is 0 Å². The molecule has 0 unspecified atom stereocenters. The highest BCUT2D eigenvalue weighted by Gasteiger charge is 2.47. The number of phenolic OH excluding ortho intramolecular Hbond substituents is 1. The summed E-state index contributed by atoms with van der Waals surface area (Å²) in [6.45, 7) is 8.25. The van der Waals surface area contributed by atoms with Crippen LogP contribution in [0.4, 0.5) is 0 Å². The van der Waals surface area contributed by atoms with Gasteiger partial charge in [-0.15, -0.1) is 0 Å². The molecule has 10 aromatic rings. The van der Waals surface area contributed by atoms with Crippen molar-refractivity contribution in [2.24, 2.45) is 0 Å². The van der Waals surface area contributed by atoms with Gasteiger partial charge in [0.05, 0.1) is 10.8 Å². The average Bonchev–Trinajstić information content (AvgIpc) is 3.87. The van der Waals surface area contributed by atoms with Crippen LogP contribution in [0, 0.1) is 0 Å². The van der Waals surface area contributed by atoms with Gasteiger partial charge in [0, 0.05) is 21.9 Å². The van der Waals surface area contributed by atoms with Gasteiger partial charge in [-0.2, -0.15) is 0 Å². The molecule has 12 rings (SSSR count). The predicted molar refractivity (Wildman–Crippen MR) is 305 cm³/mol. The normalized spacial score (nSPS) is 13.1. The Morgan fingerprint density at radius 2 is 0.803 bits per heavy atom. The van der Waals surface area contributed by atoms with E-state index in [0.717, 1.165) is 65.1 Å². The molecule has 0 saturated heterocycles. The summed E-state index contributed by atoms with van der Waals surface area (Å²) in [5, 5.41) is 14.7. The van der Waals surface area contributed by atoms with Gasteiger partial charge in [-0.05, 0) is 173 Å². The lowest BCUT2D eigenvalue weighted by molar-refractivity contribution is 0.475. The second kappa shape index (κ2) is 20.4. The third-order valence-electron chi connectivity index (χ3n) is 13.5. The van der Waals surface area contributed by atoms with E-state index in [2.05, 4.69) is 210 Å². The van der Waals surface area contributed by atoms with Crippen molar-refractivity contribution in [2.75, 3.05) is 0 Å². The molecule has 0 spiro atoms. The van der Waals surface area contributed by atoms with E-state index >= 15 is 0 Å². The summed E-state index contributed by atoms with van der Waals surface area (Å²) >= 11 is 12.5. The molecule has 2 aliphatic carbocycles. The number of benzene rings is 10. The molecule has 71 heavy (non-hydrogen) atoms. The summed E-state index contributed by atoms with van der Waals surface area (Å²) in [5.41, 5.74) is 13.0. The predicted octanol–water partition coefficient (Wildman–Crippen LogP) is 18.6. The first-order chi connectivity index (χ1) is 34.8. The van der Waals surface area contributed by atoms with Gasteiger partial charge in [0.2, 0.25) is 0 Å². The summed E-state index contributed by atoms with van der Waals surface area (Å²) in [4.78, 5) is 0. The Bertz CT molecular complexity index is 3480. The van der Waals surface area contributed by atoms with Crippen LogP contribution in [0.25, 0.3) is 43.8 Å². The minimum Gasteiger partial charge on any atom is -0.508 e. The number of halogens is 2. The smallest absolute Gasteiger partial charge is 0.293 e. The lowest BCUT2D eigenvalue weighted by Crippen LogP contribution is -2.28. The second-order valence-corrected chi connectivity index (χ2v) is 20.0. The van der Waals surface area contributed by atoms with Gasteiger partial charge in [0.25, 0.3) is 12.3 Å². The molecule has 0 aromatic heterocycles. The minimum atomic E-state index is -0.648. The van der Waals surface area contributed by atoms with Crippen LogP contribution in [-0.4, -0.2) is 5.11 Å². The quantitative estimate of drug-likeness (QED) is 0.111. The van der Waals surface area contributed by atoms with E-state index in [1.54, 1.807) is 12.1 Å². The standard InChI is InChI=1S/C58H36Br2O4S2.C3H8.C2H6/c59-43-19-27-51-52-28-20-44(60)34-56(52)57(55(51)33-43,39-15-21-45(61)22-16-39)40-17-25-46(26-18-40)63-66-64-48-24-12-36-30-42(14-10-38(36)32-48)58(41-13-9-37-31-47(62-65)23-11-35(37)29-41)53-7-3-1-5-49(53)50-6-2-4-8-54(50)58;1-3-2;1-2/h1-34,61,65H;3H2,1-2H3;1-2H3. The fourth-order valence-corrected chi connectivity index (χ4v) is 11.9. The molecule has 352 valence electrons. The Kier molecular flexibility index (Phi) is 13.8. The molecule has 0 amide bonds. The topological polar surface area (TPSA) is 47.9 Å². The maximum Gasteiger partial charge on any atom is 0.293 e. The van der Waals surface area contributed by atoms with Crippen molar-refractivity contribution < 1.29 is 17.7 Å².